The van der Waals surface area contributed by atoms with Crippen LogP contribution in [0.1, 0.15) is 67.0 Å². The molecule has 2 aromatic heterocycles. The predicted octanol–water partition coefficient (Wildman–Crippen LogP) is 2.98. The molecule has 1 fully saturated rings. The number of aromatic nitrogens is 5. The molecule has 4 rings (SSSR count). The van der Waals surface area contributed by atoms with Crippen LogP contribution in [0.5, 0.6) is 0 Å². The molecule has 0 saturated heterocycles. The molecule has 1 aliphatic carbocycles. The molecule has 0 bridgehead atoms. The predicted molar refractivity (Wildman–Crippen MR) is 123 cm³/mol. The lowest BCUT2D eigenvalue weighted by molar-refractivity contribution is 0.339. The van der Waals surface area contributed by atoms with Gasteiger partial charge in [0.2, 0.25) is 5.69 Å². The van der Waals surface area contributed by atoms with Gasteiger partial charge in [-0.05, 0) is 48.4 Å². The molecular formula is C22H20Cl2N6O3. The highest BCUT2D eigenvalue weighted by molar-refractivity contribution is 6.36. The van der Waals surface area contributed by atoms with Gasteiger partial charge in [0, 0.05) is 28.6 Å². The number of nitrogens with one attached hydrogen (secondary N) is 1. The van der Waals surface area contributed by atoms with Crippen molar-refractivity contribution in [3.8, 4) is 11.8 Å². The third kappa shape index (κ3) is 4.12. The summed E-state index contributed by atoms with van der Waals surface area (Å²) in [6.45, 7) is 3.96. The molecule has 1 saturated carbocycles. The summed E-state index contributed by atoms with van der Waals surface area (Å²) in [5.41, 5.74) is 0.407. The average molecular weight is 487 g/mol. The second-order valence-corrected chi connectivity index (χ2v) is 9.24. The van der Waals surface area contributed by atoms with Gasteiger partial charge in [-0.1, -0.05) is 37.0 Å². The molecular weight excluding hydrogens is 467 g/mol. The normalized spacial score (nSPS) is 17.6. The maximum Gasteiger partial charge on any atom is 0.349 e. The van der Waals surface area contributed by atoms with Gasteiger partial charge < -0.3 is 0 Å². The monoisotopic (exact) mass is 486 g/mol. The van der Waals surface area contributed by atoms with Gasteiger partial charge in [-0.25, -0.2) is 9.48 Å². The molecule has 33 heavy (non-hydrogen) atoms. The van der Waals surface area contributed by atoms with Crippen molar-refractivity contribution in [2.24, 2.45) is 7.05 Å². The molecule has 2 heterocycles. The van der Waals surface area contributed by atoms with Crippen molar-refractivity contribution in [2.45, 2.75) is 44.4 Å². The van der Waals surface area contributed by atoms with Crippen LogP contribution >= 0.6 is 23.2 Å². The van der Waals surface area contributed by atoms with Crippen LogP contribution in [0.2, 0.25) is 10.0 Å². The van der Waals surface area contributed by atoms with Crippen LogP contribution in [0, 0.1) is 11.3 Å². The van der Waals surface area contributed by atoms with Crippen molar-refractivity contribution in [3.05, 3.63) is 82.0 Å². The first-order chi connectivity index (χ1) is 15.6. The molecule has 3 aromatic rings. The highest BCUT2D eigenvalue weighted by atomic mass is 35.5. The standard InChI is InChI=1S/C22H20Cl2N6O3/c1-10(2)14-8-17(27-29(3)21(14)32)11-4-12(5-11)19-15(23)6-13(7-16(19)24)30-22(33)26-20(31)18(9-25)28-30/h6-8,10-12H,4-5H2,1-3H3,(H,26,31,33). The minimum Gasteiger partial charge on any atom is -0.270 e. The first kappa shape index (κ1) is 23.0. The Kier molecular flexibility index (Phi) is 5.99. The summed E-state index contributed by atoms with van der Waals surface area (Å²) in [6.07, 6.45) is 1.52. The molecule has 170 valence electrons. The van der Waals surface area contributed by atoms with Crippen LogP contribution in [-0.2, 0) is 7.05 Å². The third-order valence-electron chi connectivity index (χ3n) is 5.94. The number of benzene rings is 1. The second-order valence-electron chi connectivity index (χ2n) is 8.43. The summed E-state index contributed by atoms with van der Waals surface area (Å²) in [6, 6.07) is 6.60. The number of rotatable bonds is 4. The number of nitriles is 1. The number of aromatic amines is 1. The van der Waals surface area contributed by atoms with Crippen molar-refractivity contribution >= 4 is 23.2 Å². The fraction of sp³-hybridized carbons (Fsp3) is 0.364. The lowest BCUT2D eigenvalue weighted by atomic mass is 9.69. The molecule has 0 aliphatic heterocycles. The van der Waals surface area contributed by atoms with Crippen LogP contribution in [-0.4, -0.2) is 24.5 Å². The Morgan fingerprint density at radius 3 is 2.30 bits per heavy atom. The van der Waals surface area contributed by atoms with E-state index in [4.69, 9.17) is 28.5 Å². The summed E-state index contributed by atoms with van der Waals surface area (Å²) in [7, 11) is 1.66. The molecule has 1 N–H and O–H groups in total. The van der Waals surface area contributed by atoms with E-state index in [-0.39, 0.29) is 29.0 Å². The molecule has 0 atom stereocenters. The van der Waals surface area contributed by atoms with Crippen LogP contribution in [0.4, 0.5) is 0 Å². The molecule has 9 nitrogen and oxygen atoms in total. The maximum atomic E-state index is 12.3. The quantitative estimate of drug-likeness (QED) is 0.603. The Balaban J connectivity index is 1.62. The number of hydrogen-bond donors (Lipinski definition) is 1. The summed E-state index contributed by atoms with van der Waals surface area (Å²) in [5.74, 6) is 0.359. The Bertz CT molecular complexity index is 1450. The fourth-order valence-electron chi connectivity index (χ4n) is 4.09. The molecule has 0 radical (unpaired) electrons. The zero-order chi connectivity index (χ0) is 24.0. The third-order valence-corrected chi connectivity index (χ3v) is 6.56. The fourth-order valence-corrected chi connectivity index (χ4v) is 4.88. The van der Waals surface area contributed by atoms with Crippen LogP contribution in [0.3, 0.4) is 0 Å². The van der Waals surface area contributed by atoms with Gasteiger partial charge in [0.15, 0.2) is 0 Å². The first-order valence-corrected chi connectivity index (χ1v) is 11.1. The van der Waals surface area contributed by atoms with Gasteiger partial charge in [0.05, 0.1) is 11.4 Å². The van der Waals surface area contributed by atoms with Gasteiger partial charge in [-0.2, -0.15) is 15.0 Å². The van der Waals surface area contributed by atoms with Gasteiger partial charge in [-0.3, -0.25) is 14.6 Å². The topological polar surface area (TPSA) is 126 Å². The average Bonchev–Trinajstić information content (AvgIpc) is 2.71. The Morgan fingerprint density at radius 2 is 1.73 bits per heavy atom. The minimum atomic E-state index is -0.860. The highest BCUT2D eigenvalue weighted by Gasteiger charge is 2.36. The number of hydrogen-bond acceptors (Lipinski definition) is 6. The van der Waals surface area contributed by atoms with E-state index in [1.807, 2.05) is 24.9 Å². The van der Waals surface area contributed by atoms with E-state index in [9.17, 15) is 14.4 Å². The van der Waals surface area contributed by atoms with Crippen LogP contribution in [0.25, 0.3) is 5.69 Å². The van der Waals surface area contributed by atoms with Crippen LogP contribution in [0.15, 0.2) is 32.6 Å². The van der Waals surface area contributed by atoms with E-state index in [1.54, 1.807) is 13.1 Å². The second kappa shape index (κ2) is 8.61. The van der Waals surface area contributed by atoms with Gasteiger partial charge >= 0.3 is 5.69 Å². The maximum absolute atomic E-state index is 12.3. The van der Waals surface area contributed by atoms with E-state index >= 15 is 0 Å². The molecule has 0 unspecified atom stereocenters. The lowest BCUT2D eigenvalue weighted by Gasteiger charge is -2.36. The number of halogens is 2. The van der Waals surface area contributed by atoms with Crippen LogP contribution < -0.4 is 16.8 Å². The number of H-pyrrole nitrogens is 1. The summed E-state index contributed by atoms with van der Waals surface area (Å²) in [5, 5.41) is 18.0. The van der Waals surface area contributed by atoms with Crippen molar-refractivity contribution in [2.75, 3.05) is 0 Å². The van der Waals surface area contributed by atoms with Crippen molar-refractivity contribution in [3.63, 3.8) is 0 Å². The zero-order valence-electron chi connectivity index (χ0n) is 18.1. The van der Waals surface area contributed by atoms with E-state index in [0.717, 1.165) is 34.3 Å². The van der Waals surface area contributed by atoms with E-state index in [0.29, 0.717) is 10.0 Å². The lowest BCUT2D eigenvalue weighted by Crippen LogP contribution is -2.33. The summed E-state index contributed by atoms with van der Waals surface area (Å²) < 4.78 is 2.27. The summed E-state index contributed by atoms with van der Waals surface area (Å²) >= 11 is 13.1. The summed E-state index contributed by atoms with van der Waals surface area (Å²) in [4.78, 5) is 38.1. The minimum absolute atomic E-state index is 0.0838. The van der Waals surface area contributed by atoms with Crippen molar-refractivity contribution < 1.29 is 0 Å². The zero-order valence-corrected chi connectivity index (χ0v) is 19.6. The number of nitrogens with zero attached hydrogens (tertiary/aromatic N) is 5. The molecule has 0 amide bonds. The molecule has 1 aromatic carbocycles. The highest BCUT2D eigenvalue weighted by Crippen LogP contribution is 2.51. The first-order valence-electron chi connectivity index (χ1n) is 10.3. The Hall–Kier alpha value is -3.22. The van der Waals surface area contributed by atoms with Crippen molar-refractivity contribution in [1.82, 2.24) is 24.5 Å². The van der Waals surface area contributed by atoms with Gasteiger partial charge in [0.1, 0.15) is 6.07 Å². The van der Waals surface area contributed by atoms with Gasteiger partial charge in [0.25, 0.3) is 11.1 Å². The largest absolute Gasteiger partial charge is 0.349 e. The van der Waals surface area contributed by atoms with E-state index in [1.165, 1.54) is 16.8 Å². The molecule has 1 aliphatic rings. The van der Waals surface area contributed by atoms with Crippen molar-refractivity contribution in [1.29, 1.82) is 5.26 Å². The Morgan fingerprint density at radius 1 is 1.09 bits per heavy atom. The smallest absolute Gasteiger partial charge is 0.270 e. The molecule has 0 spiro atoms. The Labute approximate surface area is 198 Å². The van der Waals surface area contributed by atoms with E-state index < -0.39 is 16.9 Å². The SMILES string of the molecule is CC(C)c1cc(C2CC(c3c(Cl)cc(-n4nc(C#N)c(=O)[nH]c4=O)cc3Cl)C2)nn(C)c1=O. The molecule has 11 heteroatoms. The van der Waals surface area contributed by atoms with Gasteiger partial charge in [-0.15, -0.1) is 5.10 Å². The van der Waals surface area contributed by atoms with E-state index in [2.05, 4.69) is 10.2 Å². The number of aryl methyl sites for hydroxylation is 1.